The summed E-state index contributed by atoms with van der Waals surface area (Å²) >= 11 is 0. The van der Waals surface area contributed by atoms with Crippen LogP contribution < -0.4 is 24.8 Å². The monoisotopic (exact) mass is 884 g/mol. The highest BCUT2D eigenvalue weighted by molar-refractivity contribution is 5.69. The molecule has 4 atom stereocenters. The molecule has 0 aromatic rings. The molecule has 0 aliphatic heterocycles. The van der Waals surface area contributed by atoms with Crippen LogP contribution in [0.3, 0.4) is 0 Å². The molecule has 0 spiro atoms. The van der Waals surface area contributed by atoms with E-state index >= 15 is 0 Å². The summed E-state index contributed by atoms with van der Waals surface area (Å²) in [5, 5.41) is 22.8. The maximum absolute atomic E-state index is 12.5. The zero-order valence-corrected chi connectivity index (χ0v) is 41.8. The largest absolute Gasteiger partial charge is 1.00 e. The average Bonchev–Trinajstić information content (AvgIpc) is 3.15. The zero-order valence-electron chi connectivity index (χ0n) is 40.3. The number of quaternary nitrogens is 2. The highest BCUT2D eigenvalue weighted by Gasteiger charge is 2.32. The lowest BCUT2D eigenvalue weighted by molar-refractivity contribution is -0.916. The number of aliphatic hydroxyl groups is 2. The molecule has 4 unspecified atom stereocenters. The van der Waals surface area contributed by atoms with Gasteiger partial charge in [0.1, 0.15) is 50.6 Å². The topological polar surface area (TPSA) is 96.3 Å². The third kappa shape index (κ3) is 36.5. The van der Waals surface area contributed by atoms with Gasteiger partial charge in [0.15, 0.2) is 0 Å². The first-order valence-electron chi connectivity index (χ1n) is 24.2. The minimum Gasteiger partial charge on any atom is -1.00 e. The normalized spacial score (nSPS) is 14.0. The maximum Gasteiger partial charge on any atom is 0.306 e. The summed E-state index contributed by atoms with van der Waals surface area (Å²) in [6, 6.07) is 0.0891. The third-order valence-electron chi connectivity index (χ3n) is 12.5. The van der Waals surface area contributed by atoms with Crippen molar-refractivity contribution in [1.29, 1.82) is 0 Å². The van der Waals surface area contributed by atoms with E-state index in [1.807, 2.05) is 0 Å². The van der Waals surface area contributed by atoms with Gasteiger partial charge in [0.2, 0.25) is 0 Å². The van der Waals surface area contributed by atoms with Crippen molar-refractivity contribution in [1.82, 2.24) is 4.90 Å². The summed E-state index contributed by atoms with van der Waals surface area (Å²) in [6.45, 7) is 14.5. The van der Waals surface area contributed by atoms with E-state index in [4.69, 9.17) is 9.47 Å². The second-order valence-electron chi connectivity index (χ2n) is 19.0. The molecule has 0 radical (unpaired) electrons. The fraction of sp³-hybridized carbons (Fsp3) is 0.958. The molecule has 2 N–H and O–H groups in total. The summed E-state index contributed by atoms with van der Waals surface area (Å²) in [5.41, 5.74) is 0. The molecule has 0 bridgehead atoms. The Bertz CT molecular complexity index is 894. The molecule has 0 saturated heterocycles. The Kier molecular flexibility index (Phi) is 42.6. The number of halogens is 2. The predicted molar refractivity (Wildman–Crippen MR) is 240 cm³/mol. The first kappa shape index (κ1) is 62.6. The van der Waals surface area contributed by atoms with Gasteiger partial charge in [0.05, 0.1) is 28.2 Å². The first-order chi connectivity index (χ1) is 27.2. The van der Waals surface area contributed by atoms with Crippen LogP contribution in [-0.4, -0.2) is 134 Å². The van der Waals surface area contributed by atoms with Crippen molar-refractivity contribution in [3.63, 3.8) is 0 Å². The Morgan fingerprint density at radius 2 is 0.746 bits per heavy atom. The zero-order chi connectivity index (χ0) is 42.8. The Hall–Kier alpha value is -0.680. The molecular weight excluding hydrogens is 785 g/mol. The van der Waals surface area contributed by atoms with Crippen LogP contribution in [0.5, 0.6) is 0 Å². The molecule has 0 saturated carbocycles. The average molecular weight is 885 g/mol. The van der Waals surface area contributed by atoms with Crippen LogP contribution >= 0.6 is 0 Å². The van der Waals surface area contributed by atoms with Gasteiger partial charge >= 0.3 is 11.9 Å². The number of nitrogens with zero attached hydrogens (tertiary/aromatic N) is 3. The quantitative estimate of drug-likeness (QED) is 0.0540. The number of carbonyl (C=O) groups excluding carboxylic acids is 2. The van der Waals surface area contributed by atoms with E-state index in [0.717, 1.165) is 45.1 Å². The molecule has 0 amide bonds. The molecule has 11 heteroatoms. The van der Waals surface area contributed by atoms with E-state index in [-0.39, 0.29) is 48.8 Å². The Morgan fingerprint density at radius 1 is 0.475 bits per heavy atom. The van der Waals surface area contributed by atoms with Crippen molar-refractivity contribution in [2.24, 2.45) is 0 Å². The molecule has 0 rings (SSSR count). The van der Waals surface area contributed by atoms with Gasteiger partial charge in [0, 0.05) is 25.9 Å². The van der Waals surface area contributed by atoms with Crippen molar-refractivity contribution >= 4 is 11.9 Å². The number of hydrogen-bond donors (Lipinski definition) is 2. The number of ether oxygens (including phenoxy) is 2. The second-order valence-corrected chi connectivity index (χ2v) is 19.0. The van der Waals surface area contributed by atoms with Gasteiger partial charge in [-0.25, -0.2) is 0 Å². The van der Waals surface area contributed by atoms with Crippen LogP contribution in [0.15, 0.2) is 0 Å². The van der Waals surface area contributed by atoms with Crippen LogP contribution in [0.1, 0.15) is 202 Å². The SMILES string of the molecule is CCCCCCCCCCCC(=O)OCC(C)[N+](C)(C)CC(O)CN(CCCCCCCC)CC(O)C[N+](C)(C)C(C)COC(=O)CCCCCCCCCCC.[Cl-].[Cl-]. The molecular formula is C48H99Cl2N3O6. The number of likely N-dealkylation sites (N-methyl/N-ethyl adjacent to an activating group) is 2. The molecule has 0 aliphatic carbocycles. The molecule has 0 aromatic carbocycles. The molecule has 0 aliphatic rings. The summed E-state index contributed by atoms with van der Waals surface area (Å²) in [5.74, 6) is -0.236. The Balaban J connectivity index is -0.0000157. The predicted octanol–water partition coefficient (Wildman–Crippen LogP) is 4.24. The minimum atomic E-state index is -0.584. The number of aliphatic hydroxyl groups excluding tert-OH is 2. The second kappa shape index (κ2) is 40.1. The summed E-state index contributed by atoms with van der Waals surface area (Å²) in [4.78, 5) is 27.3. The van der Waals surface area contributed by atoms with Crippen molar-refractivity contribution in [2.45, 2.75) is 226 Å². The standard InChI is InChI=1S/C48H99N3O6.2ClH/c1-10-13-16-19-22-24-26-28-31-34-47(54)56-41-43(4)50(6,7)39-45(52)37-49(36-33-30-21-18-15-12-3)38-46(53)40-51(8,9)44(5)42-57-48(55)35-32-29-27-25-23-20-17-14-11-2;;/h43-46,52-53H,10-42H2,1-9H3;2*1H/q+2;;/p-2. The number of hydrogen-bond acceptors (Lipinski definition) is 7. The van der Waals surface area contributed by atoms with Crippen molar-refractivity contribution in [3.05, 3.63) is 0 Å². The molecule has 0 fully saturated rings. The highest BCUT2D eigenvalue weighted by atomic mass is 35.5. The molecule has 356 valence electrons. The number of carbonyl (C=O) groups is 2. The third-order valence-corrected chi connectivity index (χ3v) is 12.5. The van der Waals surface area contributed by atoms with Crippen molar-refractivity contribution < 1.29 is 63.1 Å². The lowest BCUT2D eigenvalue weighted by atomic mass is 10.1. The van der Waals surface area contributed by atoms with Crippen molar-refractivity contribution in [3.8, 4) is 0 Å². The number of esters is 2. The molecule has 59 heavy (non-hydrogen) atoms. The molecule has 0 heterocycles. The minimum absolute atomic E-state index is 0. The van der Waals surface area contributed by atoms with Gasteiger partial charge in [-0.1, -0.05) is 156 Å². The van der Waals surface area contributed by atoms with Crippen molar-refractivity contribution in [2.75, 3.05) is 74.1 Å². The number of rotatable bonds is 41. The fourth-order valence-electron chi connectivity index (χ4n) is 7.67. The summed E-state index contributed by atoms with van der Waals surface area (Å²) in [6.07, 6.45) is 28.9. The van der Waals surface area contributed by atoms with Crippen LogP contribution in [0, 0.1) is 0 Å². The van der Waals surface area contributed by atoms with E-state index in [1.54, 1.807) is 0 Å². The van der Waals surface area contributed by atoms with E-state index < -0.39 is 12.2 Å². The fourth-order valence-corrected chi connectivity index (χ4v) is 7.67. The van der Waals surface area contributed by atoms with Gasteiger partial charge in [-0.2, -0.15) is 0 Å². The molecule has 0 aromatic heterocycles. The van der Waals surface area contributed by atoms with Crippen LogP contribution in [0.4, 0.5) is 0 Å². The van der Waals surface area contributed by atoms with E-state index in [0.29, 0.717) is 61.2 Å². The van der Waals surface area contributed by atoms with Gasteiger partial charge in [-0.15, -0.1) is 0 Å². The maximum atomic E-state index is 12.5. The van der Waals surface area contributed by atoms with Gasteiger partial charge < -0.3 is 53.5 Å². The summed E-state index contributed by atoms with van der Waals surface area (Å²) in [7, 11) is 8.39. The van der Waals surface area contributed by atoms with Crippen LogP contribution in [0.25, 0.3) is 0 Å². The van der Waals surface area contributed by atoms with Gasteiger partial charge in [-0.05, 0) is 39.7 Å². The Morgan fingerprint density at radius 3 is 1.05 bits per heavy atom. The van der Waals surface area contributed by atoms with Gasteiger partial charge in [-0.3, -0.25) is 14.5 Å². The van der Waals surface area contributed by atoms with Crippen LogP contribution in [-0.2, 0) is 19.1 Å². The number of unbranched alkanes of at least 4 members (excludes halogenated alkanes) is 21. The Labute approximate surface area is 378 Å². The van der Waals surface area contributed by atoms with Gasteiger partial charge in [0.25, 0.3) is 0 Å². The van der Waals surface area contributed by atoms with Crippen LogP contribution in [0.2, 0.25) is 0 Å². The van der Waals surface area contributed by atoms with E-state index in [2.05, 4.69) is 67.7 Å². The highest BCUT2D eigenvalue weighted by Crippen LogP contribution is 2.16. The summed E-state index contributed by atoms with van der Waals surface area (Å²) < 4.78 is 12.5. The smallest absolute Gasteiger partial charge is 0.306 e. The van der Waals surface area contributed by atoms with E-state index in [9.17, 15) is 19.8 Å². The molecule has 9 nitrogen and oxygen atoms in total. The lowest BCUT2D eigenvalue weighted by Crippen LogP contribution is -3.00. The first-order valence-corrected chi connectivity index (χ1v) is 24.2. The van der Waals surface area contributed by atoms with E-state index in [1.165, 1.54) is 116 Å². The lowest BCUT2D eigenvalue weighted by Gasteiger charge is -2.39.